The highest BCUT2D eigenvalue weighted by atomic mass is 16.5. The first-order valence-corrected chi connectivity index (χ1v) is 5.59. The molecule has 4 heteroatoms. The molecule has 0 aliphatic rings. The van der Waals surface area contributed by atoms with Gasteiger partial charge in [-0.05, 0) is 23.6 Å². The van der Waals surface area contributed by atoms with Crippen LogP contribution in [0, 0.1) is 5.92 Å². The standard InChI is InChI=1S/C13H19NO3/c1-8(2)11(12(14)13(15)16)9-4-6-10(17-3)7-5-9/h4-8,11-12H,14H2,1-3H3,(H,15,16)/t11-,12+/m1/s1. The SMILES string of the molecule is COc1ccc([C@@H](C(C)C)[C@H](N)C(=O)O)cc1. The molecule has 0 fully saturated rings. The number of methoxy groups -OCH3 is 1. The lowest BCUT2D eigenvalue weighted by Gasteiger charge is -2.25. The first kappa shape index (κ1) is 13.5. The Hall–Kier alpha value is -1.55. The van der Waals surface area contributed by atoms with Crippen LogP contribution >= 0.6 is 0 Å². The van der Waals surface area contributed by atoms with Crippen molar-refractivity contribution in [3.05, 3.63) is 29.8 Å². The van der Waals surface area contributed by atoms with Gasteiger partial charge in [0.15, 0.2) is 0 Å². The quantitative estimate of drug-likeness (QED) is 0.819. The fourth-order valence-corrected chi connectivity index (χ4v) is 1.99. The minimum Gasteiger partial charge on any atom is -0.497 e. The van der Waals surface area contributed by atoms with Gasteiger partial charge in [0.2, 0.25) is 0 Å². The summed E-state index contributed by atoms with van der Waals surface area (Å²) in [5.41, 5.74) is 6.66. The van der Waals surface area contributed by atoms with E-state index >= 15 is 0 Å². The highest BCUT2D eigenvalue weighted by Gasteiger charge is 2.28. The van der Waals surface area contributed by atoms with Gasteiger partial charge in [-0.15, -0.1) is 0 Å². The summed E-state index contributed by atoms with van der Waals surface area (Å²) in [7, 11) is 1.60. The lowest BCUT2D eigenvalue weighted by molar-refractivity contribution is -0.139. The number of carboxylic acid groups (broad SMARTS) is 1. The van der Waals surface area contributed by atoms with E-state index in [2.05, 4.69) is 0 Å². The largest absolute Gasteiger partial charge is 0.497 e. The second kappa shape index (κ2) is 5.68. The second-order valence-electron chi connectivity index (χ2n) is 4.41. The second-order valence-corrected chi connectivity index (χ2v) is 4.41. The number of hydrogen-bond donors (Lipinski definition) is 2. The number of carboxylic acids is 1. The van der Waals surface area contributed by atoms with Gasteiger partial charge in [0, 0.05) is 5.92 Å². The van der Waals surface area contributed by atoms with Crippen LogP contribution in [-0.4, -0.2) is 24.2 Å². The Morgan fingerprint density at radius 3 is 2.18 bits per heavy atom. The zero-order valence-corrected chi connectivity index (χ0v) is 10.4. The normalized spacial score (nSPS) is 14.4. The fraction of sp³-hybridized carbons (Fsp3) is 0.462. The predicted molar refractivity (Wildman–Crippen MR) is 66.2 cm³/mol. The summed E-state index contributed by atoms with van der Waals surface area (Å²) < 4.78 is 5.07. The molecular formula is C13H19NO3. The zero-order chi connectivity index (χ0) is 13.0. The van der Waals surface area contributed by atoms with Crippen molar-refractivity contribution in [1.29, 1.82) is 0 Å². The molecule has 2 atom stereocenters. The topological polar surface area (TPSA) is 72.5 Å². The maximum atomic E-state index is 11.0. The van der Waals surface area contributed by atoms with Gasteiger partial charge in [-0.3, -0.25) is 4.79 Å². The van der Waals surface area contributed by atoms with Crippen molar-refractivity contribution in [2.75, 3.05) is 7.11 Å². The number of ether oxygens (including phenoxy) is 1. The third-order valence-corrected chi connectivity index (χ3v) is 2.89. The van der Waals surface area contributed by atoms with E-state index < -0.39 is 12.0 Å². The molecule has 0 radical (unpaired) electrons. The van der Waals surface area contributed by atoms with Gasteiger partial charge in [-0.2, -0.15) is 0 Å². The number of rotatable bonds is 5. The number of aliphatic carboxylic acids is 1. The molecule has 0 aliphatic heterocycles. The Kier molecular flexibility index (Phi) is 4.52. The highest BCUT2D eigenvalue weighted by molar-refractivity contribution is 5.74. The first-order valence-electron chi connectivity index (χ1n) is 5.59. The van der Waals surface area contributed by atoms with Crippen LogP contribution in [-0.2, 0) is 4.79 Å². The van der Waals surface area contributed by atoms with Gasteiger partial charge < -0.3 is 15.6 Å². The Morgan fingerprint density at radius 1 is 1.29 bits per heavy atom. The van der Waals surface area contributed by atoms with Crippen molar-refractivity contribution in [3.63, 3.8) is 0 Å². The Bertz CT molecular complexity index is 373. The molecule has 0 heterocycles. The van der Waals surface area contributed by atoms with Crippen molar-refractivity contribution in [2.24, 2.45) is 11.7 Å². The van der Waals surface area contributed by atoms with E-state index in [1.807, 2.05) is 38.1 Å². The Balaban J connectivity index is 3.01. The molecule has 0 aliphatic carbocycles. The Morgan fingerprint density at radius 2 is 1.82 bits per heavy atom. The van der Waals surface area contributed by atoms with E-state index in [1.165, 1.54) is 0 Å². The molecule has 1 aromatic carbocycles. The average molecular weight is 237 g/mol. The van der Waals surface area contributed by atoms with Gasteiger partial charge in [-0.25, -0.2) is 0 Å². The highest BCUT2D eigenvalue weighted by Crippen LogP contribution is 2.28. The zero-order valence-electron chi connectivity index (χ0n) is 10.4. The summed E-state index contributed by atoms with van der Waals surface area (Å²) in [5.74, 6) is -0.257. The van der Waals surface area contributed by atoms with Crippen LogP contribution in [0.4, 0.5) is 0 Å². The molecule has 0 aromatic heterocycles. The maximum Gasteiger partial charge on any atom is 0.321 e. The summed E-state index contributed by atoms with van der Waals surface area (Å²) in [4.78, 5) is 11.0. The summed E-state index contributed by atoms with van der Waals surface area (Å²) in [5, 5.41) is 9.01. The molecule has 0 amide bonds. The van der Waals surface area contributed by atoms with Gasteiger partial charge in [0.1, 0.15) is 11.8 Å². The molecule has 0 saturated heterocycles. The van der Waals surface area contributed by atoms with Crippen LogP contribution < -0.4 is 10.5 Å². The molecule has 1 rings (SSSR count). The number of nitrogens with two attached hydrogens (primary N) is 1. The predicted octanol–water partition coefficient (Wildman–Crippen LogP) is 1.85. The van der Waals surface area contributed by atoms with E-state index in [0.717, 1.165) is 11.3 Å². The smallest absolute Gasteiger partial charge is 0.321 e. The summed E-state index contributed by atoms with van der Waals surface area (Å²) >= 11 is 0. The van der Waals surface area contributed by atoms with E-state index in [4.69, 9.17) is 15.6 Å². The Labute approximate surface area is 101 Å². The minimum absolute atomic E-state index is 0.162. The van der Waals surface area contributed by atoms with Crippen LogP contribution in [0.15, 0.2) is 24.3 Å². The molecule has 0 saturated carbocycles. The van der Waals surface area contributed by atoms with Crippen molar-refractivity contribution in [2.45, 2.75) is 25.8 Å². The van der Waals surface area contributed by atoms with Crippen molar-refractivity contribution >= 4 is 5.97 Å². The average Bonchev–Trinajstić information content (AvgIpc) is 2.29. The third-order valence-electron chi connectivity index (χ3n) is 2.89. The van der Waals surface area contributed by atoms with E-state index in [0.29, 0.717) is 0 Å². The van der Waals surface area contributed by atoms with E-state index in [-0.39, 0.29) is 11.8 Å². The summed E-state index contributed by atoms with van der Waals surface area (Å²) in [6.07, 6.45) is 0. The molecule has 0 spiro atoms. The molecule has 0 unspecified atom stereocenters. The molecule has 0 bridgehead atoms. The molecule has 17 heavy (non-hydrogen) atoms. The van der Waals surface area contributed by atoms with Crippen molar-refractivity contribution < 1.29 is 14.6 Å². The lowest BCUT2D eigenvalue weighted by atomic mass is 9.83. The van der Waals surface area contributed by atoms with Gasteiger partial charge in [0.25, 0.3) is 0 Å². The molecular weight excluding hydrogens is 218 g/mol. The number of benzene rings is 1. The van der Waals surface area contributed by atoms with E-state index in [9.17, 15) is 4.79 Å². The van der Waals surface area contributed by atoms with E-state index in [1.54, 1.807) is 7.11 Å². The van der Waals surface area contributed by atoms with Gasteiger partial charge in [-0.1, -0.05) is 26.0 Å². The van der Waals surface area contributed by atoms with Crippen molar-refractivity contribution in [3.8, 4) is 5.75 Å². The van der Waals surface area contributed by atoms with Crippen LogP contribution in [0.1, 0.15) is 25.3 Å². The van der Waals surface area contributed by atoms with Crippen molar-refractivity contribution in [1.82, 2.24) is 0 Å². The molecule has 3 N–H and O–H groups in total. The summed E-state index contributed by atoms with van der Waals surface area (Å²) in [6.45, 7) is 3.94. The maximum absolute atomic E-state index is 11.0. The van der Waals surface area contributed by atoms with Crippen LogP contribution in [0.3, 0.4) is 0 Å². The van der Waals surface area contributed by atoms with Gasteiger partial charge >= 0.3 is 5.97 Å². The van der Waals surface area contributed by atoms with Crippen LogP contribution in [0.2, 0.25) is 0 Å². The molecule has 1 aromatic rings. The lowest BCUT2D eigenvalue weighted by Crippen LogP contribution is -2.38. The van der Waals surface area contributed by atoms with Crippen LogP contribution in [0.5, 0.6) is 5.75 Å². The number of hydrogen-bond acceptors (Lipinski definition) is 3. The minimum atomic E-state index is -0.973. The monoisotopic (exact) mass is 237 g/mol. The summed E-state index contributed by atoms with van der Waals surface area (Å²) in [6, 6.07) is 6.49. The number of carbonyl (C=O) groups is 1. The van der Waals surface area contributed by atoms with Gasteiger partial charge in [0.05, 0.1) is 7.11 Å². The molecule has 94 valence electrons. The van der Waals surface area contributed by atoms with Crippen LogP contribution in [0.25, 0.3) is 0 Å². The first-order chi connectivity index (χ1) is 7.97. The fourth-order valence-electron chi connectivity index (χ4n) is 1.99. The third kappa shape index (κ3) is 3.20. The molecule has 4 nitrogen and oxygen atoms in total.